The van der Waals surface area contributed by atoms with Crippen LogP contribution in [-0.4, -0.2) is 35.8 Å². The van der Waals surface area contributed by atoms with E-state index < -0.39 is 5.97 Å². The molecule has 2 aromatic heterocycles. The summed E-state index contributed by atoms with van der Waals surface area (Å²) in [5.74, 6) is -0.626. The quantitative estimate of drug-likeness (QED) is 0.600. The third kappa shape index (κ3) is 4.60. The minimum atomic E-state index is -0.476. The van der Waals surface area contributed by atoms with Crippen molar-refractivity contribution < 1.29 is 23.5 Å². The van der Waals surface area contributed by atoms with Gasteiger partial charge in [-0.3, -0.25) is 9.59 Å². The van der Waals surface area contributed by atoms with E-state index in [2.05, 4.69) is 5.32 Å². The van der Waals surface area contributed by atoms with Crippen molar-refractivity contribution in [1.29, 1.82) is 0 Å². The summed E-state index contributed by atoms with van der Waals surface area (Å²) in [7, 11) is 0. The topological polar surface area (TPSA) is 88.8 Å². The number of nitrogens with zero attached hydrogens (tertiary/aromatic N) is 1. The fourth-order valence-corrected chi connectivity index (χ4v) is 3.96. The number of anilines is 1. The third-order valence-corrected chi connectivity index (χ3v) is 5.73. The molecule has 1 aliphatic rings. The van der Waals surface area contributed by atoms with Crippen LogP contribution in [0.4, 0.5) is 5.00 Å². The van der Waals surface area contributed by atoms with Crippen molar-refractivity contribution in [2.24, 2.45) is 0 Å². The Bertz CT molecular complexity index is 1030. The van der Waals surface area contributed by atoms with Crippen molar-refractivity contribution in [3.8, 4) is 0 Å². The van der Waals surface area contributed by atoms with E-state index in [9.17, 15) is 14.4 Å². The molecule has 0 unspecified atom stereocenters. The average molecular weight is 424 g/mol. The zero-order valence-corrected chi connectivity index (χ0v) is 16.9. The lowest BCUT2D eigenvalue weighted by Crippen LogP contribution is -2.27. The monoisotopic (exact) mass is 424 g/mol. The number of likely N-dealkylation sites (tertiary alicyclic amines) is 1. The summed E-state index contributed by atoms with van der Waals surface area (Å²) < 4.78 is 10.4. The summed E-state index contributed by atoms with van der Waals surface area (Å²) in [5.41, 5.74) is 1.44. The normalized spacial score (nSPS) is 13.3. The number of ether oxygens (including phenoxy) is 1. The van der Waals surface area contributed by atoms with E-state index in [0.29, 0.717) is 15.4 Å². The second-order valence-electron chi connectivity index (χ2n) is 6.87. The molecule has 1 aromatic carbocycles. The molecule has 3 aromatic rings. The Morgan fingerprint density at radius 2 is 1.80 bits per heavy atom. The third-order valence-electron chi connectivity index (χ3n) is 4.75. The van der Waals surface area contributed by atoms with Crippen LogP contribution in [-0.2, 0) is 11.3 Å². The first kappa shape index (κ1) is 19.9. The van der Waals surface area contributed by atoms with Crippen molar-refractivity contribution in [3.63, 3.8) is 0 Å². The van der Waals surface area contributed by atoms with Gasteiger partial charge in [-0.05, 0) is 54.8 Å². The predicted molar refractivity (Wildman–Crippen MR) is 112 cm³/mol. The number of hydrogen-bond acceptors (Lipinski definition) is 6. The van der Waals surface area contributed by atoms with E-state index in [4.69, 9.17) is 9.15 Å². The number of hydrogen-bond donors (Lipinski definition) is 1. The van der Waals surface area contributed by atoms with Gasteiger partial charge < -0.3 is 19.4 Å². The van der Waals surface area contributed by atoms with Gasteiger partial charge in [0.05, 0.1) is 11.3 Å². The van der Waals surface area contributed by atoms with Crippen LogP contribution in [0.25, 0.3) is 0 Å². The lowest BCUT2D eigenvalue weighted by molar-refractivity contribution is 0.0478. The van der Waals surface area contributed by atoms with Crippen LogP contribution in [0.3, 0.4) is 0 Å². The van der Waals surface area contributed by atoms with E-state index in [-0.39, 0.29) is 24.2 Å². The molecule has 30 heavy (non-hydrogen) atoms. The van der Waals surface area contributed by atoms with Crippen molar-refractivity contribution in [1.82, 2.24) is 4.90 Å². The van der Waals surface area contributed by atoms with Gasteiger partial charge in [-0.1, -0.05) is 12.1 Å². The molecular formula is C22H20N2O5S. The number of benzene rings is 1. The Morgan fingerprint density at radius 1 is 1.03 bits per heavy atom. The minimum absolute atomic E-state index is 0.0405. The lowest BCUT2D eigenvalue weighted by atomic mass is 10.1. The number of carbonyl (C=O) groups excluding carboxylic acids is 3. The fraction of sp³-hybridized carbons (Fsp3) is 0.227. The van der Waals surface area contributed by atoms with Gasteiger partial charge in [0.25, 0.3) is 11.8 Å². The standard InChI is InChI=1S/C22H20N2O5S/c25-20(17-4-3-13-28-17)23-19-10-9-18(30-19)22(27)29-14-15-5-7-16(8-6-15)21(26)24-11-1-2-12-24/h3-10,13H,1-2,11-12,14H2,(H,23,25). The Hall–Kier alpha value is -3.39. The molecule has 0 bridgehead atoms. The van der Waals surface area contributed by atoms with Crippen LogP contribution in [0.5, 0.6) is 0 Å². The zero-order valence-electron chi connectivity index (χ0n) is 16.1. The van der Waals surface area contributed by atoms with Crippen molar-refractivity contribution in [2.75, 3.05) is 18.4 Å². The molecule has 0 radical (unpaired) electrons. The first-order chi connectivity index (χ1) is 14.6. The smallest absolute Gasteiger partial charge is 0.348 e. The maximum atomic E-state index is 12.4. The number of amides is 2. The van der Waals surface area contributed by atoms with Crippen LogP contribution in [0.15, 0.2) is 59.2 Å². The molecular weight excluding hydrogens is 404 g/mol. The highest BCUT2D eigenvalue weighted by Gasteiger charge is 2.19. The van der Waals surface area contributed by atoms with Gasteiger partial charge in [0.15, 0.2) is 5.76 Å². The number of thiophene rings is 1. The fourth-order valence-electron chi connectivity index (χ4n) is 3.16. The molecule has 1 saturated heterocycles. The number of esters is 1. The number of furan rings is 1. The first-order valence-electron chi connectivity index (χ1n) is 9.60. The zero-order chi connectivity index (χ0) is 20.9. The predicted octanol–water partition coefficient (Wildman–Crippen LogP) is 4.19. The Labute approximate surface area is 177 Å². The largest absolute Gasteiger partial charge is 0.459 e. The maximum absolute atomic E-state index is 12.4. The summed E-state index contributed by atoms with van der Waals surface area (Å²) in [5, 5.41) is 3.20. The summed E-state index contributed by atoms with van der Waals surface area (Å²) in [6, 6.07) is 13.5. The van der Waals surface area contributed by atoms with Gasteiger partial charge in [0, 0.05) is 18.7 Å². The number of carbonyl (C=O) groups is 3. The molecule has 0 aliphatic carbocycles. The summed E-state index contributed by atoms with van der Waals surface area (Å²) in [4.78, 5) is 38.9. The Morgan fingerprint density at radius 3 is 2.50 bits per heavy atom. The van der Waals surface area contributed by atoms with Crippen LogP contribution < -0.4 is 5.32 Å². The van der Waals surface area contributed by atoms with Gasteiger partial charge in [-0.25, -0.2) is 4.79 Å². The number of rotatable bonds is 6. The molecule has 0 atom stereocenters. The van der Waals surface area contributed by atoms with Gasteiger partial charge in [0.1, 0.15) is 11.5 Å². The SMILES string of the molecule is O=C(Nc1ccc(C(=O)OCc2ccc(C(=O)N3CCCC3)cc2)s1)c1ccco1. The number of nitrogens with one attached hydrogen (secondary N) is 1. The van der Waals surface area contributed by atoms with E-state index in [1.54, 1.807) is 48.5 Å². The second-order valence-corrected chi connectivity index (χ2v) is 7.95. The molecule has 0 saturated carbocycles. The van der Waals surface area contributed by atoms with Crippen molar-refractivity contribution in [2.45, 2.75) is 19.4 Å². The van der Waals surface area contributed by atoms with Crippen molar-refractivity contribution >= 4 is 34.1 Å². The second kappa shape index (κ2) is 8.96. The van der Waals surface area contributed by atoms with Crippen LogP contribution in [0.1, 0.15) is 49.0 Å². The molecule has 154 valence electrons. The molecule has 8 heteroatoms. The van der Waals surface area contributed by atoms with E-state index >= 15 is 0 Å². The van der Waals surface area contributed by atoms with Gasteiger partial charge in [-0.15, -0.1) is 11.3 Å². The molecule has 2 amide bonds. The van der Waals surface area contributed by atoms with Gasteiger partial charge >= 0.3 is 5.97 Å². The molecule has 4 rings (SSSR count). The minimum Gasteiger partial charge on any atom is -0.459 e. The van der Waals surface area contributed by atoms with Crippen LogP contribution in [0.2, 0.25) is 0 Å². The molecule has 1 N–H and O–H groups in total. The summed E-state index contributed by atoms with van der Waals surface area (Å²) in [6.07, 6.45) is 3.52. The molecule has 1 fully saturated rings. The molecule has 7 nitrogen and oxygen atoms in total. The highest BCUT2D eigenvalue weighted by atomic mass is 32.1. The Balaban J connectivity index is 1.30. The van der Waals surface area contributed by atoms with Gasteiger partial charge in [0.2, 0.25) is 0 Å². The van der Waals surface area contributed by atoms with Gasteiger partial charge in [-0.2, -0.15) is 0 Å². The van der Waals surface area contributed by atoms with Crippen LogP contribution in [0, 0.1) is 0 Å². The van der Waals surface area contributed by atoms with Crippen molar-refractivity contribution in [3.05, 3.63) is 76.6 Å². The maximum Gasteiger partial charge on any atom is 0.348 e. The highest BCUT2D eigenvalue weighted by molar-refractivity contribution is 7.18. The lowest BCUT2D eigenvalue weighted by Gasteiger charge is -2.15. The van der Waals surface area contributed by atoms with E-state index in [1.807, 2.05) is 4.90 Å². The highest BCUT2D eigenvalue weighted by Crippen LogP contribution is 2.24. The molecule has 3 heterocycles. The Kier molecular flexibility index (Phi) is 5.94. The molecule has 0 spiro atoms. The molecule has 1 aliphatic heterocycles. The summed E-state index contributed by atoms with van der Waals surface area (Å²) in [6.45, 7) is 1.72. The van der Waals surface area contributed by atoms with E-state index in [0.717, 1.165) is 42.8 Å². The van der Waals surface area contributed by atoms with E-state index in [1.165, 1.54) is 6.26 Å². The van der Waals surface area contributed by atoms with Crippen LogP contribution >= 0.6 is 11.3 Å². The average Bonchev–Trinajstić information content (AvgIpc) is 3.54. The summed E-state index contributed by atoms with van der Waals surface area (Å²) >= 11 is 1.12. The first-order valence-corrected chi connectivity index (χ1v) is 10.4.